The molecule has 1 N–H and O–H groups in total. The quantitative estimate of drug-likeness (QED) is 0.887. The minimum atomic E-state index is -0.322. The Kier molecular flexibility index (Phi) is 3.87. The molecule has 0 bridgehead atoms. The summed E-state index contributed by atoms with van der Waals surface area (Å²) in [5.74, 6) is 0. The SMILES string of the molecule is CN(c1ccc(Cl)c(Cl)c1)C(C)(C)CO. The molecule has 0 spiro atoms. The van der Waals surface area contributed by atoms with Crippen LogP contribution in [0.4, 0.5) is 5.69 Å². The number of rotatable bonds is 3. The topological polar surface area (TPSA) is 23.5 Å². The van der Waals surface area contributed by atoms with Gasteiger partial charge in [-0.15, -0.1) is 0 Å². The molecule has 0 radical (unpaired) electrons. The van der Waals surface area contributed by atoms with Gasteiger partial charge in [-0.2, -0.15) is 0 Å². The van der Waals surface area contributed by atoms with E-state index in [1.54, 1.807) is 12.1 Å². The summed E-state index contributed by atoms with van der Waals surface area (Å²) in [6.07, 6.45) is 0. The van der Waals surface area contributed by atoms with Crippen LogP contribution in [-0.2, 0) is 0 Å². The molecule has 0 aliphatic heterocycles. The maximum Gasteiger partial charge on any atom is 0.0658 e. The van der Waals surface area contributed by atoms with Crippen LogP contribution < -0.4 is 4.90 Å². The van der Waals surface area contributed by atoms with Crippen LogP contribution in [0.5, 0.6) is 0 Å². The van der Waals surface area contributed by atoms with Crippen LogP contribution in [0.15, 0.2) is 18.2 Å². The molecule has 0 amide bonds. The van der Waals surface area contributed by atoms with Crippen LogP contribution in [0.1, 0.15) is 13.8 Å². The molecule has 0 saturated heterocycles. The molecule has 0 unspecified atom stereocenters. The van der Waals surface area contributed by atoms with Crippen molar-refractivity contribution in [2.24, 2.45) is 0 Å². The number of hydrogen-bond donors (Lipinski definition) is 1. The van der Waals surface area contributed by atoms with Crippen LogP contribution in [0.3, 0.4) is 0 Å². The number of aliphatic hydroxyl groups excluding tert-OH is 1. The number of aliphatic hydroxyl groups is 1. The standard InChI is InChI=1S/C11H15Cl2NO/c1-11(2,7-15)14(3)8-4-5-9(12)10(13)6-8/h4-6,15H,7H2,1-3H3. The zero-order chi connectivity index (χ0) is 11.6. The van der Waals surface area contributed by atoms with Crippen molar-refractivity contribution in [1.82, 2.24) is 0 Å². The first-order valence-corrected chi connectivity index (χ1v) is 5.44. The van der Waals surface area contributed by atoms with Crippen molar-refractivity contribution in [2.75, 3.05) is 18.6 Å². The fourth-order valence-electron chi connectivity index (χ4n) is 1.15. The molecule has 0 fully saturated rings. The molecular formula is C11H15Cl2NO. The van der Waals surface area contributed by atoms with E-state index >= 15 is 0 Å². The van der Waals surface area contributed by atoms with Crippen molar-refractivity contribution in [1.29, 1.82) is 0 Å². The highest BCUT2D eigenvalue weighted by atomic mass is 35.5. The molecule has 15 heavy (non-hydrogen) atoms. The fourth-order valence-corrected chi connectivity index (χ4v) is 1.44. The minimum absolute atomic E-state index is 0.0732. The summed E-state index contributed by atoms with van der Waals surface area (Å²) in [6.45, 7) is 3.98. The van der Waals surface area contributed by atoms with E-state index in [-0.39, 0.29) is 12.1 Å². The van der Waals surface area contributed by atoms with Gasteiger partial charge in [-0.25, -0.2) is 0 Å². The summed E-state index contributed by atoms with van der Waals surface area (Å²) in [6, 6.07) is 5.43. The highest BCUT2D eigenvalue weighted by Crippen LogP contribution is 2.29. The van der Waals surface area contributed by atoms with Gasteiger partial charge in [0.15, 0.2) is 0 Å². The molecule has 4 heteroatoms. The number of halogens is 2. The summed E-state index contributed by atoms with van der Waals surface area (Å²) < 4.78 is 0. The first-order chi connectivity index (χ1) is 6.88. The maximum atomic E-state index is 9.25. The van der Waals surface area contributed by atoms with Gasteiger partial charge in [0.1, 0.15) is 0 Å². The van der Waals surface area contributed by atoms with E-state index in [0.29, 0.717) is 10.0 Å². The van der Waals surface area contributed by atoms with Crippen LogP contribution >= 0.6 is 23.2 Å². The van der Waals surface area contributed by atoms with Crippen molar-refractivity contribution in [3.63, 3.8) is 0 Å². The Balaban J connectivity index is 3.02. The third kappa shape index (κ3) is 2.77. The first-order valence-electron chi connectivity index (χ1n) is 4.68. The van der Waals surface area contributed by atoms with Crippen molar-refractivity contribution in [2.45, 2.75) is 19.4 Å². The van der Waals surface area contributed by atoms with Gasteiger partial charge in [0.2, 0.25) is 0 Å². The highest BCUT2D eigenvalue weighted by molar-refractivity contribution is 6.42. The zero-order valence-corrected chi connectivity index (χ0v) is 10.6. The number of nitrogens with zero attached hydrogens (tertiary/aromatic N) is 1. The molecule has 0 heterocycles. The average molecular weight is 248 g/mol. The predicted octanol–water partition coefficient (Wildman–Crippen LogP) is 3.20. The van der Waals surface area contributed by atoms with Gasteiger partial charge in [-0.1, -0.05) is 23.2 Å². The van der Waals surface area contributed by atoms with Gasteiger partial charge in [0, 0.05) is 12.7 Å². The lowest BCUT2D eigenvalue weighted by molar-refractivity contribution is 0.216. The van der Waals surface area contributed by atoms with Crippen LogP contribution in [0.25, 0.3) is 0 Å². The smallest absolute Gasteiger partial charge is 0.0658 e. The molecule has 0 atom stereocenters. The van der Waals surface area contributed by atoms with Gasteiger partial charge in [-0.3, -0.25) is 0 Å². The summed E-state index contributed by atoms with van der Waals surface area (Å²) in [7, 11) is 1.91. The van der Waals surface area contributed by atoms with Crippen molar-refractivity contribution >= 4 is 28.9 Å². The molecule has 0 aromatic heterocycles. The number of hydrogen-bond acceptors (Lipinski definition) is 2. The molecule has 0 aliphatic rings. The van der Waals surface area contributed by atoms with Gasteiger partial charge in [0.05, 0.1) is 22.2 Å². The van der Waals surface area contributed by atoms with Crippen molar-refractivity contribution < 1.29 is 5.11 Å². The predicted molar refractivity (Wildman–Crippen MR) is 66.0 cm³/mol. The van der Waals surface area contributed by atoms with E-state index < -0.39 is 0 Å². The summed E-state index contributed by atoms with van der Waals surface area (Å²) in [4.78, 5) is 1.97. The molecule has 1 rings (SSSR count). The second-order valence-corrected chi connectivity index (χ2v) is 4.94. The molecule has 84 valence electrons. The molecule has 1 aromatic carbocycles. The number of likely N-dealkylation sites (N-methyl/N-ethyl adjacent to an activating group) is 1. The third-order valence-corrected chi connectivity index (χ3v) is 3.32. The highest BCUT2D eigenvalue weighted by Gasteiger charge is 2.22. The fraction of sp³-hybridized carbons (Fsp3) is 0.455. The van der Waals surface area contributed by atoms with E-state index in [2.05, 4.69) is 0 Å². The Morgan fingerprint density at radius 1 is 1.27 bits per heavy atom. The second-order valence-electron chi connectivity index (χ2n) is 4.13. The molecular weight excluding hydrogens is 233 g/mol. The maximum absolute atomic E-state index is 9.25. The normalized spacial score (nSPS) is 11.6. The van der Waals surface area contributed by atoms with Crippen LogP contribution in [0.2, 0.25) is 10.0 Å². The minimum Gasteiger partial charge on any atom is -0.394 e. The van der Waals surface area contributed by atoms with E-state index in [4.69, 9.17) is 23.2 Å². The lowest BCUT2D eigenvalue weighted by atomic mass is 10.0. The second kappa shape index (κ2) is 4.60. The molecule has 0 saturated carbocycles. The first kappa shape index (κ1) is 12.6. The monoisotopic (exact) mass is 247 g/mol. The number of benzene rings is 1. The summed E-state index contributed by atoms with van der Waals surface area (Å²) in [5.41, 5.74) is 0.611. The lowest BCUT2D eigenvalue weighted by Gasteiger charge is -2.36. The summed E-state index contributed by atoms with van der Waals surface area (Å²) >= 11 is 11.8. The molecule has 1 aromatic rings. The third-order valence-electron chi connectivity index (χ3n) is 2.59. The molecule has 2 nitrogen and oxygen atoms in total. The van der Waals surface area contributed by atoms with Gasteiger partial charge in [-0.05, 0) is 32.0 Å². The van der Waals surface area contributed by atoms with Crippen LogP contribution in [-0.4, -0.2) is 24.3 Å². The Morgan fingerprint density at radius 3 is 2.33 bits per heavy atom. The Bertz CT molecular complexity index is 352. The van der Waals surface area contributed by atoms with E-state index in [0.717, 1.165) is 5.69 Å². The van der Waals surface area contributed by atoms with Gasteiger partial charge >= 0.3 is 0 Å². The van der Waals surface area contributed by atoms with Crippen molar-refractivity contribution in [3.8, 4) is 0 Å². The Labute approximate surface area is 100 Å². The van der Waals surface area contributed by atoms with Gasteiger partial charge < -0.3 is 10.0 Å². The van der Waals surface area contributed by atoms with Crippen molar-refractivity contribution in [3.05, 3.63) is 28.2 Å². The summed E-state index contributed by atoms with van der Waals surface area (Å²) in [5, 5.41) is 10.3. The van der Waals surface area contributed by atoms with E-state index in [1.165, 1.54) is 0 Å². The largest absolute Gasteiger partial charge is 0.394 e. The molecule has 0 aliphatic carbocycles. The Morgan fingerprint density at radius 2 is 1.87 bits per heavy atom. The lowest BCUT2D eigenvalue weighted by Crippen LogP contribution is -2.44. The number of anilines is 1. The van der Waals surface area contributed by atoms with Crippen LogP contribution in [0, 0.1) is 0 Å². The zero-order valence-electron chi connectivity index (χ0n) is 9.09. The Hall–Kier alpha value is -0.440. The van der Waals surface area contributed by atoms with Gasteiger partial charge in [0.25, 0.3) is 0 Å². The average Bonchev–Trinajstić information content (AvgIpc) is 2.21. The van der Waals surface area contributed by atoms with E-state index in [1.807, 2.05) is 31.9 Å². The van der Waals surface area contributed by atoms with E-state index in [9.17, 15) is 5.11 Å².